The van der Waals surface area contributed by atoms with Gasteiger partial charge in [0.25, 0.3) is 6.43 Å². The van der Waals surface area contributed by atoms with E-state index in [1.54, 1.807) is 13.0 Å². The van der Waals surface area contributed by atoms with Crippen LogP contribution >= 0.6 is 15.9 Å². The maximum atomic E-state index is 12.4. The molecule has 0 aliphatic carbocycles. The molecule has 0 aliphatic rings. The molecule has 0 fully saturated rings. The summed E-state index contributed by atoms with van der Waals surface area (Å²) < 4.78 is 29.9. The number of aryl methyl sites for hydroxylation is 1. The summed E-state index contributed by atoms with van der Waals surface area (Å²) in [6.45, 7) is 1.79. The van der Waals surface area contributed by atoms with Crippen molar-refractivity contribution in [2.45, 2.75) is 13.3 Å². The average molecular weight is 310 g/mol. The summed E-state index contributed by atoms with van der Waals surface area (Å²) in [5, 5.41) is 0.569. The number of ether oxygens (including phenoxy) is 1. The second-order valence-electron chi connectivity index (χ2n) is 3.38. The van der Waals surface area contributed by atoms with Gasteiger partial charge in [-0.2, -0.15) is 4.98 Å². The van der Waals surface area contributed by atoms with E-state index >= 15 is 0 Å². The lowest BCUT2D eigenvalue weighted by atomic mass is 10.4. The van der Waals surface area contributed by atoms with Gasteiger partial charge in [0, 0.05) is 23.6 Å². The Morgan fingerprint density at radius 1 is 1.47 bits per heavy atom. The first-order chi connectivity index (χ1) is 8.06. The first-order valence-electron chi connectivity index (χ1n) is 5.05. The van der Waals surface area contributed by atoms with Crippen LogP contribution in [-0.2, 0) is 0 Å². The average Bonchev–Trinajstić information content (AvgIpc) is 2.27. The number of alkyl halides is 3. The summed E-state index contributed by atoms with van der Waals surface area (Å²) in [6.07, 6.45) is -2.43. The SMILES string of the molecule is COc1cc(C)nc(N(CCBr)CC(F)F)n1. The molecule has 17 heavy (non-hydrogen) atoms. The summed E-state index contributed by atoms with van der Waals surface area (Å²) in [6, 6.07) is 1.65. The third kappa shape index (κ3) is 4.41. The molecule has 0 aromatic carbocycles. The summed E-state index contributed by atoms with van der Waals surface area (Å²) in [5.41, 5.74) is 0.681. The molecule has 0 bridgehead atoms. The molecule has 0 aliphatic heterocycles. The largest absolute Gasteiger partial charge is 0.481 e. The standard InChI is InChI=1S/C10H14BrF2N3O/c1-7-5-9(17-2)15-10(14-7)16(4-3-11)6-8(12)13/h5,8H,3-4,6H2,1-2H3. The first kappa shape index (κ1) is 14.1. The van der Waals surface area contributed by atoms with Gasteiger partial charge in [-0.15, -0.1) is 0 Å². The lowest BCUT2D eigenvalue weighted by Crippen LogP contribution is -2.32. The lowest BCUT2D eigenvalue weighted by Gasteiger charge is -2.21. The molecule has 0 saturated carbocycles. The van der Waals surface area contributed by atoms with E-state index in [0.717, 1.165) is 0 Å². The highest BCUT2D eigenvalue weighted by Crippen LogP contribution is 2.16. The predicted octanol–water partition coefficient (Wildman–Crippen LogP) is 2.26. The highest BCUT2D eigenvalue weighted by Gasteiger charge is 2.16. The number of methoxy groups -OCH3 is 1. The molecule has 0 atom stereocenters. The Morgan fingerprint density at radius 3 is 2.71 bits per heavy atom. The molecule has 0 spiro atoms. The van der Waals surface area contributed by atoms with E-state index in [1.807, 2.05) is 0 Å². The first-order valence-corrected chi connectivity index (χ1v) is 6.17. The summed E-state index contributed by atoms with van der Waals surface area (Å²) in [7, 11) is 1.48. The van der Waals surface area contributed by atoms with Gasteiger partial charge < -0.3 is 9.64 Å². The molecule has 7 heteroatoms. The molecular formula is C10H14BrF2N3O. The van der Waals surface area contributed by atoms with Gasteiger partial charge in [0.05, 0.1) is 13.7 Å². The fraction of sp³-hybridized carbons (Fsp3) is 0.600. The zero-order valence-electron chi connectivity index (χ0n) is 9.66. The number of hydrogen-bond acceptors (Lipinski definition) is 4. The molecule has 0 N–H and O–H groups in total. The summed E-state index contributed by atoms with van der Waals surface area (Å²) in [5.74, 6) is 0.642. The highest BCUT2D eigenvalue weighted by molar-refractivity contribution is 9.09. The van der Waals surface area contributed by atoms with E-state index in [-0.39, 0.29) is 5.95 Å². The molecule has 1 rings (SSSR count). The molecule has 96 valence electrons. The van der Waals surface area contributed by atoms with Gasteiger partial charge >= 0.3 is 0 Å². The third-order valence-corrected chi connectivity index (χ3v) is 2.38. The van der Waals surface area contributed by atoms with Crippen LogP contribution in [0.3, 0.4) is 0 Å². The number of anilines is 1. The number of halogens is 3. The Morgan fingerprint density at radius 2 is 2.18 bits per heavy atom. The Balaban J connectivity index is 2.95. The molecule has 0 unspecified atom stereocenters. The van der Waals surface area contributed by atoms with Crippen LogP contribution in [0.5, 0.6) is 5.88 Å². The van der Waals surface area contributed by atoms with Crippen LogP contribution in [0.1, 0.15) is 5.69 Å². The van der Waals surface area contributed by atoms with Crippen LogP contribution in [0.2, 0.25) is 0 Å². The van der Waals surface area contributed by atoms with Crippen LogP contribution < -0.4 is 9.64 Å². The Hall–Kier alpha value is -0.980. The molecule has 4 nitrogen and oxygen atoms in total. The van der Waals surface area contributed by atoms with E-state index in [1.165, 1.54) is 12.0 Å². The fourth-order valence-corrected chi connectivity index (χ4v) is 1.74. The van der Waals surface area contributed by atoms with Crippen molar-refractivity contribution in [2.24, 2.45) is 0 Å². The molecule has 1 aromatic rings. The number of rotatable bonds is 6. The van der Waals surface area contributed by atoms with Gasteiger partial charge in [-0.05, 0) is 6.92 Å². The van der Waals surface area contributed by atoms with Crippen LogP contribution in [0.4, 0.5) is 14.7 Å². The number of nitrogens with zero attached hydrogens (tertiary/aromatic N) is 3. The van der Waals surface area contributed by atoms with Crippen molar-refractivity contribution in [1.29, 1.82) is 0 Å². The van der Waals surface area contributed by atoms with Crippen molar-refractivity contribution < 1.29 is 13.5 Å². The van der Waals surface area contributed by atoms with Crippen molar-refractivity contribution in [3.8, 4) is 5.88 Å². The second-order valence-corrected chi connectivity index (χ2v) is 4.17. The third-order valence-electron chi connectivity index (χ3n) is 2.02. The van der Waals surface area contributed by atoms with Crippen molar-refractivity contribution in [1.82, 2.24) is 9.97 Å². The fourth-order valence-electron chi connectivity index (χ4n) is 1.31. The molecule has 0 saturated heterocycles. The topological polar surface area (TPSA) is 38.2 Å². The minimum absolute atomic E-state index is 0.265. The summed E-state index contributed by atoms with van der Waals surface area (Å²) >= 11 is 3.22. The van der Waals surface area contributed by atoms with E-state index in [0.29, 0.717) is 23.4 Å². The lowest BCUT2D eigenvalue weighted by molar-refractivity contribution is 0.154. The molecule has 0 amide bonds. The Bertz CT molecular complexity index is 365. The van der Waals surface area contributed by atoms with Crippen molar-refractivity contribution in [2.75, 3.05) is 30.4 Å². The van der Waals surface area contributed by atoms with Gasteiger partial charge in [-0.1, -0.05) is 15.9 Å². The van der Waals surface area contributed by atoms with Gasteiger partial charge in [0.15, 0.2) is 0 Å². The van der Waals surface area contributed by atoms with Crippen LogP contribution in [0.25, 0.3) is 0 Å². The highest BCUT2D eigenvalue weighted by atomic mass is 79.9. The smallest absolute Gasteiger partial charge is 0.255 e. The van der Waals surface area contributed by atoms with Gasteiger partial charge in [0.1, 0.15) is 0 Å². The number of aromatic nitrogens is 2. The zero-order valence-corrected chi connectivity index (χ0v) is 11.2. The van der Waals surface area contributed by atoms with Crippen LogP contribution in [0.15, 0.2) is 6.07 Å². The van der Waals surface area contributed by atoms with Crippen molar-refractivity contribution >= 4 is 21.9 Å². The van der Waals surface area contributed by atoms with Crippen LogP contribution in [-0.4, -0.2) is 41.9 Å². The van der Waals surface area contributed by atoms with Gasteiger partial charge in [-0.25, -0.2) is 13.8 Å². The van der Waals surface area contributed by atoms with E-state index < -0.39 is 13.0 Å². The minimum atomic E-state index is -2.43. The monoisotopic (exact) mass is 309 g/mol. The number of hydrogen-bond donors (Lipinski definition) is 0. The molecule has 1 aromatic heterocycles. The summed E-state index contributed by atoms with van der Waals surface area (Å²) in [4.78, 5) is 9.62. The normalized spacial score (nSPS) is 10.7. The van der Waals surface area contributed by atoms with Gasteiger partial charge in [0.2, 0.25) is 11.8 Å². The van der Waals surface area contributed by atoms with E-state index in [9.17, 15) is 8.78 Å². The van der Waals surface area contributed by atoms with E-state index in [4.69, 9.17) is 4.74 Å². The van der Waals surface area contributed by atoms with Crippen molar-refractivity contribution in [3.05, 3.63) is 11.8 Å². The zero-order chi connectivity index (χ0) is 12.8. The maximum Gasteiger partial charge on any atom is 0.255 e. The van der Waals surface area contributed by atoms with Crippen LogP contribution in [0, 0.1) is 6.92 Å². The van der Waals surface area contributed by atoms with Crippen molar-refractivity contribution in [3.63, 3.8) is 0 Å². The van der Waals surface area contributed by atoms with Gasteiger partial charge in [-0.3, -0.25) is 0 Å². The Kier molecular flexibility index (Phi) is 5.54. The molecular weight excluding hydrogens is 296 g/mol. The molecule has 1 heterocycles. The second kappa shape index (κ2) is 6.68. The minimum Gasteiger partial charge on any atom is -0.481 e. The maximum absolute atomic E-state index is 12.4. The Labute approximate surface area is 107 Å². The van der Waals surface area contributed by atoms with E-state index in [2.05, 4.69) is 25.9 Å². The quantitative estimate of drug-likeness (QED) is 0.756. The predicted molar refractivity (Wildman–Crippen MR) is 65.3 cm³/mol. The molecule has 0 radical (unpaired) electrons.